The van der Waals surface area contributed by atoms with E-state index in [1.807, 2.05) is 13.8 Å². The van der Waals surface area contributed by atoms with Gasteiger partial charge < -0.3 is 5.11 Å². The van der Waals surface area contributed by atoms with Gasteiger partial charge in [0, 0.05) is 23.4 Å². The van der Waals surface area contributed by atoms with Gasteiger partial charge in [0.1, 0.15) is 5.78 Å². The number of non-ortho nitro benzene ring substituents is 1. The molecule has 2 atom stereocenters. The zero-order valence-electron chi connectivity index (χ0n) is 11.4. The molecule has 0 spiro atoms. The van der Waals surface area contributed by atoms with Crippen LogP contribution in [0.4, 0.5) is 5.69 Å². The number of rotatable bonds is 3. The number of Topliss-reactive ketones (excluding diaryl/α,β-unsaturated/α-hetero) is 1. The molecule has 0 heterocycles. The lowest BCUT2D eigenvalue weighted by Gasteiger charge is -2.36. The second kappa shape index (κ2) is 5.54. The van der Waals surface area contributed by atoms with E-state index in [2.05, 4.69) is 0 Å². The molecule has 1 aliphatic rings. The molecule has 0 unspecified atom stereocenters. The van der Waals surface area contributed by atoms with Crippen LogP contribution in [0.25, 0.3) is 0 Å². The van der Waals surface area contributed by atoms with Gasteiger partial charge in [-0.25, -0.2) is 0 Å². The third kappa shape index (κ3) is 3.37. The number of aliphatic hydroxyl groups excluding tert-OH is 1. The first-order chi connectivity index (χ1) is 9.28. The molecule has 0 amide bonds. The van der Waals surface area contributed by atoms with E-state index in [0.29, 0.717) is 12.8 Å². The van der Waals surface area contributed by atoms with Gasteiger partial charge in [0.2, 0.25) is 0 Å². The van der Waals surface area contributed by atoms with Gasteiger partial charge in [-0.3, -0.25) is 14.9 Å². The highest BCUT2D eigenvalue weighted by Crippen LogP contribution is 2.40. The van der Waals surface area contributed by atoms with Crippen LogP contribution >= 0.6 is 11.8 Å². The number of carbonyl (C=O) groups is 1. The third-order valence-electron chi connectivity index (χ3n) is 3.39. The lowest BCUT2D eigenvalue weighted by molar-refractivity contribution is -0.384. The topological polar surface area (TPSA) is 80.4 Å². The highest BCUT2D eigenvalue weighted by atomic mass is 32.2. The first kappa shape index (κ1) is 15.0. The molecule has 0 aliphatic heterocycles. The highest BCUT2D eigenvalue weighted by Gasteiger charge is 2.40. The average molecular weight is 295 g/mol. The Hall–Kier alpha value is -1.40. The van der Waals surface area contributed by atoms with Crippen LogP contribution in [0.1, 0.15) is 26.7 Å². The summed E-state index contributed by atoms with van der Waals surface area (Å²) in [6, 6.07) is 6.04. The van der Waals surface area contributed by atoms with Gasteiger partial charge in [0.25, 0.3) is 5.69 Å². The predicted molar refractivity (Wildman–Crippen MR) is 76.8 cm³/mol. The highest BCUT2D eigenvalue weighted by molar-refractivity contribution is 8.00. The second-order valence-corrected chi connectivity index (χ2v) is 7.08. The maximum atomic E-state index is 12.1. The third-order valence-corrected chi connectivity index (χ3v) is 4.77. The molecule has 0 aromatic heterocycles. The molecular formula is C14H17NO4S. The number of ketones is 1. The number of carbonyl (C=O) groups excluding carboxylic acids is 1. The van der Waals surface area contributed by atoms with E-state index in [-0.39, 0.29) is 16.9 Å². The Kier molecular flexibility index (Phi) is 4.15. The van der Waals surface area contributed by atoms with Crippen molar-refractivity contribution in [3.8, 4) is 0 Å². The van der Waals surface area contributed by atoms with E-state index < -0.39 is 16.3 Å². The SMILES string of the molecule is CC1(C)CC(=O)[C@@H](Sc2ccc([N+](=O)[O-])cc2)[C@@H](O)C1. The maximum Gasteiger partial charge on any atom is 0.269 e. The van der Waals surface area contributed by atoms with Crippen LogP contribution in [0, 0.1) is 15.5 Å². The first-order valence-electron chi connectivity index (χ1n) is 6.40. The monoisotopic (exact) mass is 295 g/mol. The molecule has 0 radical (unpaired) electrons. The van der Waals surface area contributed by atoms with E-state index in [1.165, 1.54) is 23.9 Å². The average Bonchev–Trinajstić information content (AvgIpc) is 2.33. The van der Waals surface area contributed by atoms with Gasteiger partial charge in [-0.1, -0.05) is 13.8 Å². The standard InChI is InChI=1S/C14H17NO4S/c1-14(2)7-11(16)13(12(17)8-14)20-10-5-3-9(4-6-10)15(18)19/h3-6,11,13,16H,7-8H2,1-2H3/t11-,13-/m0/s1. The van der Waals surface area contributed by atoms with Crippen LogP contribution in [0.3, 0.4) is 0 Å². The van der Waals surface area contributed by atoms with Crippen LogP contribution in [-0.2, 0) is 4.79 Å². The van der Waals surface area contributed by atoms with E-state index in [9.17, 15) is 20.0 Å². The Labute approximate surface area is 121 Å². The Morgan fingerprint density at radius 3 is 2.45 bits per heavy atom. The first-order valence-corrected chi connectivity index (χ1v) is 7.28. The number of benzene rings is 1. The molecular weight excluding hydrogens is 278 g/mol. The summed E-state index contributed by atoms with van der Waals surface area (Å²) in [5.74, 6) is 0.0390. The number of hydrogen-bond donors (Lipinski definition) is 1. The van der Waals surface area contributed by atoms with Crippen molar-refractivity contribution in [3.63, 3.8) is 0 Å². The van der Waals surface area contributed by atoms with Crippen LogP contribution in [0.2, 0.25) is 0 Å². The molecule has 1 aromatic carbocycles. The van der Waals surface area contributed by atoms with Crippen molar-refractivity contribution in [2.45, 2.75) is 42.9 Å². The van der Waals surface area contributed by atoms with E-state index in [1.54, 1.807) is 12.1 Å². The number of nitrogens with zero attached hydrogens (tertiary/aromatic N) is 1. The van der Waals surface area contributed by atoms with Crippen molar-refractivity contribution in [3.05, 3.63) is 34.4 Å². The summed E-state index contributed by atoms with van der Waals surface area (Å²) < 4.78 is 0. The fourth-order valence-corrected chi connectivity index (χ4v) is 3.52. The van der Waals surface area contributed by atoms with E-state index >= 15 is 0 Å². The van der Waals surface area contributed by atoms with Crippen LogP contribution < -0.4 is 0 Å². The number of nitro groups is 1. The Balaban J connectivity index is 2.09. The molecule has 1 saturated carbocycles. The quantitative estimate of drug-likeness (QED) is 0.685. The Morgan fingerprint density at radius 1 is 1.35 bits per heavy atom. The smallest absolute Gasteiger partial charge is 0.269 e. The van der Waals surface area contributed by atoms with Gasteiger partial charge >= 0.3 is 0 Å². The summed E-state index contributed by atoms with van der Waals surface area (Å²) in [6.45, 7) is 3.95. The summed E-state index contributed by atoms with van der Waals surface area (Å²) in [5.41, 5.74) is -0.144. The van der Waals surface area contributed by atoms with Crippen molar-refractivity contribution in [1.29, 1.82) is 0 Å². The lowest BCUT2D eigenvalue weighted by atomic mass is 9.75. The number of aliphatic hydroxyl groups is 1. The Bertz CT molecular complexity index is 526. The fourth-order valence-electron chi connectivity index (χ4n) is 2.47. The van der Waals surface area contributed by atoms with Crippen LogP contribution in [0.5, 0.6) is 0 Å². The summed E-state index contributed by atoms with van der Waals surface area (Å²) >= 11 is 1.28. The van der Waals surface area contributed by atoms with Crippen molar-refractivity contribution >= 4 is 23.2 Å². The fraction of sp³-hybridized carbons (Fsp3) is 0.500. The van der Waals surface area contributed by atoms with Gasteiger partial charge in [0.15, 0.2) is 0 Å². The molecule has 108 valence electrons. The minimum Gasteiger partial charge on any atom is -0.391 e. The maximum absolute atomic E-state index is 12.1. The van der Waals surface area contributed by atoms with Crippen molar-refractivity contribution in [2.75, 3.05) is 0 Å². The van der Waals surface area contributed by atoms with Gasteiger partial charge in [0.05, 0.1) is 16.3 Å². The molecule has 0 bridgehead atoms. The van der Waals surface area contributed by atoms with Gasteiger partial charge in [-0.15, -0.1) is 11.8 Å². The van der Waals surface area contributed by atoms with E-state index in [4.69, 9.17) is 0 Å². The molecule has 1 aliphatic carbocycles. The molecule has 2 rings (SSSR count). The lowest BCUT2D eigenvalue weighted by Crippen LogP contribution is -2.42. The molecule has 5 nitrogen and oxygen atoms in total. The second-order valence-electron chi connectivity index (χ2n) is 5.87. The van der Waals surface area contributed by atoms with Gasteiger partial charge in [-0.05, 0) is 24.0 Å². The molecule has 0 saturated heterocycles. The molecule has 6 heteroatoms. The number of thioether (sulfide) groups is 1. The van der Waals surface area contributed by atoms with Crippen LogP contribution in [-0.4, -0.2) is 27.2 Å². The largest absolute Gasteiger partial charge is 0.391 e. The number of hydrogen-bond acceptors (Lipinski definition) is 5. The van der Waals surface area contributed by atoms with E-state index in [0.717, 1.165) is 4.90 Å². The van der Waals surface area contributed by atoms with Crippen molar-refractivity contribution < 1.29 is 14.8 Å². The zero-order valence-corrected chi connectivity index (χ0v) is 12.2. The molecule has 1 N–H and O–H groups in total. The zero-order chi connectivity index (χ0) is 14.9. The molecule has 20 heavy (non-hydrogen) atoms. The predicted octanol–water partition coefficient (Wildman–Crippen LogP) is 2.81. The normalized spacial score (nSPS) is 25.4. The summed E-state index contributed by atoms with van der Waals surface area (Å²) in [7, 11) is 0. The molecule has 1 fully saturated rings. The minimum absolute atomic E-state index is 0.0194. The summed E-state index contributed by atoms with van der Waals surface area (Å²) in [4.78, 5) is 23.0. The van der Waals surface area contributed by atoms with Gasteiger partial charge in [-0.2, -0.15) is 0 Å². The number of nitro benzene ring substituents is 1. The summed E-state index contributed by atoms with van der Waals surface area (Å²) in [6.07, 6.45) is 0.365. The minimum atomic E-state index is -0.675. The van der Waals surface area contributed by atoms with Crippen molar-refractivity contribution in [1.82, 2.24) is 0 Å². The van der Waals surface area contributed by atoms with Crippen molar-refractivity contribution in [2.24, 2.45) is 5.41 Å². The summed E-state index contributed by atoms with van der Waals surface area (Å²) in [5, 5.41) is 20.2. The Morgan fingerprint density at radius 2 is 1.95 bits per heavy atom. The van der Waals surface area contributed by atoms with Crippen LogP contribution in [0.15, 0.2) is 29.2 Å². The molecule has 1 aromatic rings.